The van der Waals surface area contributed by atoms with Crippen molar-refractivity contribution in [3.05, 3.63) is 53.7 Å². The van der Waals surface area contributed by atoms with Crippen molar-refractivity contribution < 1.29 is 4.74 Å². The van der Waals surface area contributed by atoms with Crippen LogP contribution in [0.25, 0.3) is 0 Å². The molecule has 2 heterocycles. The summed E-state index contributed by atoms with van der Waals surface area (Å²) in [6, 6.07) is 12.5. The summed E-state index contributed by atoms with van der Waals surface area (Å²) in [7, 11) is 1.69. The molecule has 162 valence electrons. The minimum Gasteiger partial charge on any atom is -0.497 e. The van der Waals surface area contributed by atoms with Crippen molar-refractivity contribution in [2.75, 3.05) is 38.2 Å². The third kappa shape index (κ3) is 6.94. The molecule has 0 amide bonds. The summed E-state index contributed by atoms with van der Waals surface area (Å²) in [5.41, 5.74) is 2.40. The van der Waals surface area contributed by atoms with Crippen LogP contribution in [0.1, 0.15) is 43.7 Å². The lowest BCUT2D eigenvalue weighted by atomic mass is 10.1. The van der Waals surface area contributed by atoms with Crippen molar-refractivity contribution in [2.45, 2.75) is 45.6 Å². The molecule has 0 atom stereocenters. The van der Waals surface area contributed by atoms with E-state index in [-0.39, 0.29) is 0 Å². The van der Waals surface area contributed by atoms with Crippen LogP contribution in [-0.2, 0) is 13.0 Å². The van der Waals surface area contributed by atoms with Crippen LogP contribution in [0.2, 0.25) is 0 Å². The highest BCUT2D eigenvalue weighted by atomic mass is 16.5. The average Bonchev–Trinajstić information content (AvgIpc) is 3.08. The minimum atomic E-state index is 0.616. The molecule has 2 aromatic rings. The lowest BCUT2D eigenvalue weighted by molar-refractivity contribution is 0.414. The van der Waals surface area contributed by atoms with Crippen LogP contribution in [0.3, 0.4) is 0 Å². The van der Waals surface area contributed by atoms with Gasteiger partial charge in [0.25, 0.3) is 0 Å². The van der Waals surface area contributed by atoms with Crippen molar-refractivity contribution in [3.63, 3.8) is 0 Å². The van der Waals surface area contributed by atoms with Gasteiger partial charge in [-0.3, -0.25) is 0 Å². The zero-order valence-corrected chi connectivity index (χ0v) is 18.4. The van der Waals surface area contributed by atoms with Gasteiger partial charge in [-0.2, -0.15) is 0 Å². The van der Waals surface area contributed by atoms with Crippen LogP contribution in [0.4, 0.5) is 5.82 Å². The fourth-order valence-electron chi connectivity index (χ4n) is 3.63. The Morgan fingerprint density at radius 2 is 1.73 bits per heavy atom. The Hall–Kier alpha value is -2.76. The van der Waals surface area contributed by atoms with E-state index in [0.717, 1.165) is 55.7 Å². The largest absolute Gasteiger partial charge is 0.497 e. The lowest BCUT2D eigenvalue weighted by Crippen LogP contribution is -2.38. The number of anilines is 1. The van der Waals surface area contributed by atoms with Crippen molar-refractivity contribution in [1.82, 2.24) is 15.6 Å². The van der Waals surface area contributed by atoms with Crippen LogP contribution in [-0.4, -0.2) is 44.2 Å². The normalized spacial score (nSPS) is 14.9. The quantitative estimate of drug-likeness (QED) is 0.513. The van der Waals surface area contributed by atoms with Gasteiger partial charge in [-0.05, 0) is 55.5 Å². The minimum absolute atomic E-state index is 0.616. The average molecular weight is 410 g/mol. The summed E-state index contributed by atoms with van der Waals surface area (Å²) in [5.74, 6) is 2.81. The van der Waals surface area contributed by atoms with Crippen LogP contribution in [0.15, 0.2) is 47.6 Å². The van der Waals surface area contributed by atoms with Gasteiger partial charge in [-0.25, -0.2) is 9.98 Å². The molecule has 6 heteroatoms. The molecule has 1 saturated heterocycles. The molecular weight excluding hydrogens is 374 g/mol. The Morgan fingerprint density at radius 3 is 2.37 bits per heavy atom. The molecule has 3 rings (SSSR count). The molecule has 0 aliphatic carbocycles. The van der Waals surface area contributed by atoms with E-state index < -0.39 is 0 Å². The Balaban J connectivity index is 1.50. The number of aromatic nitrogens is 1. The van der Waals surface area contributed by atoms with Crippen LogP contribution in [0.5, 0.6) is 5.75 Å². The smallest absolute Gasteiger partial charge is 0.191 e. The first-order valence-corrected chi connectivity index (χ1v) is 11.1. The Morgan fingerprint density at radius 1 is 1.00 bits per heavy atom. The Bertz CT molecular complexity index is 765. The lowest BCUT2D eigenvalue weighted by Gasteiger charge is -2.21. The van der Waals surface area contributed by atoms with E-state index >= 15 is 0 Å². The Kier molecular flexibility index (Phi) is 8.81. The van der Waals surface area contributed by atoms with Crippen molar-refractivity contribution in [2.24, 2.45) is 4.99 Å². The maximum absolute atomic E-state index is 5.21. The molecule has 1 aromatic carbocycles. The van der Waals surface area contributed by atoms with E-state index in [1.54, 1.807) is 7.11 Å². The number of guanidine groups is 1. The van der Waals surface area contributed by atoms with Crippen molar-refractivity contribution in [3.8, 4) is 5.75 Å². The number of nitrogens with one attached hydrogen (secondary N) is 2. The van der Waals surface area contributed by atoms with Gasteiger partial charge in [0.15, 0.2) is 5.96 Å². The first-order chi connectivity index (χ1) is 14.8. The van der Waals surface area contributed by atoms with Gasteiger partial charge < -0.3 is 20.3 Å². The summed E-state index contributed by atoms with van der Waals surface area (Å²) in [6.45, 7) is 6.59. The van der Waals surface area contributed by atoms with Gasteiger partial charge in [0.05, 0.1) is 13.7 Å². The van der Waals surface area contributed by atoms with E-state index in [1.807, 2.05) is 18.3 Å². The number of rotatable bonds is 8. The van der Waals surface area contributed by atoms with E-state index in [0.29, 0.717) is 6.54 Å². The number of ether oxygens (including phenoxy) is 1. The van der Waals surface area contributed by atoms with Gasteiger partial charge in [0.2, 0.25) is 0 Å². The van der Waals surface area contributed by atoms with E-state index in [9.17, 15) is 0 Å². The molecule has 1 aliphatic heterocycles. The molecule has 30 heavy (non-hydrogen) atoms. The molecule has 6 nitrogen and oxygen atoms in total. The predicted octanol–water partition coefficient (Wildman–Crippen LogP) is 3.77. The maximum Gasteiger partial charge on any atom is 0.191 e. The molecule has 0 unspecified atom stereocenters. The SMILES string of the molecule is CCNC(=NCc1ccc(N2CCCCCC2)nc1)NCCc1ccc(OC)cc1. The maximum atomic E-state index is 5.21. The summed E-state index contributed by atoms with van der Waals surface area (Å²) in [5, 5.41) is 6.73. The molecule has 1 fully saturated rings. The van der Waals surface area contributed by atoms with E-state index in [2.05, 4.69) is 51.7 Å². The molecule has 0 spiro atoms. The second-order valence-corrected chi connectivity index (χ2v) is 7.65. The molecule has 0 saturated carbocycles. The molecule has 0 bridgehead atoms. The van der Waals surface area contributed by atoms with Gasteiger partial charge in [-0.1, -0.05) is 31.0 Å². The summed E-state index contributed by atoms with van der Waals surface area (Å²) in [6.07, 6.45) is 8.10. The number of hydrogen-bond donors (Lipinski definition) is 2. The highest BCUT2D eigenvalue weighted by Crippen LogP contribution is 2.17. The number of aliphatic imine (C=N–C) groups is 1. The third-order valence-corrected chi connectivity index (χ3v) is 5.37. The van der Waals surface area contributed by atoms with Crippen molar-refractivity contribution in [1.29, 1.82) is 0 Å². The monoisotopic (exact) mass is 409 g/mol. The summed E-state index contributed by atoms with van der Waals surface area (Å²) in [4.78, 5) is 11.8. The van der Waals surface area contributed by atoms with E-state index in [4.69, 9.17) is 9.73 Å². The molecule has 1 aliphatic rings. The standard InChI is InChI=1S/C24H35N5O/c1-3-25-24(26-15-14-20-8-11-22(30-2)12-9-20)28-19-21-10-13-23(27-18-21)29-16-6-4-5-7-17-29/h8-13,18H,3-7,14-17,19H2,1-2H3,(H2,25,26,28). The topological polar surface area (TPSA) is 61.8 Å². The number of nitrogens with zero attached hydrogens (tertiary/aromatic N) is 3. The number of pyridine rings is 1. The zero-order chi connectivity index (χ0) is 21.0. The van der Waals surface area contributed by atoms with E-state index in [1.165, 1.54) is 31.2 Å². The van der Waals surface area contributed by atoms with Gasteiger partial charge >= 0.3 is 0 Å². The highest BCUT2D eigenvalue weighted by Gasteiger charge is 2.10. The van der Waals surface area contributed by atoms with Crippen LogP contribution >= 0.6 is 0 Å². The highest BCUT2D eigenvalue weighted by molar-refractivity contribution is 5.79. The number of methoxy groups -OCH3 is 1. The number of benzene rings is 1. The first kappa shape index (κ1) is 21.9. The zero-order valence-electron chi connectivity index (χ0n) is 18.4. The first-order valence-electron chi connectivity index (χ1n) is 11.1. The van der Waals surface area contributed by atoms with Gasteiger partial charge in [-0.15, -0.1) is 0 Å². The Labute approximate surface area is 180 Å². The predicted molar refractivity (Wildman–Crippen MR) is 124 cm³/mol. The van der Waals surface area contributed by atoms with Crippen molar-refractivity contribution >= 4 is 11.8 Å². The molecular formula is C24H35N5O. The van der Waals surface area contributed by atoms with Crippen LogP contribution in [0, 0.1) is 0 Å². The fourth-order valence-corrected chi connectivity index (χ4v) is 3.63. The molecule has 1 aromatic heterocycles. The summed E-state index contributed by atoms with van der Waals surface area (Å²) >= 11 is 0. The second kappa shape index (κ2) is 12.1. The summed E-state index contributed by atoms with van der Waals surface area (Å²) < 4.78 is 5.21. The van der Waals surface area contributed by atoms with Gasteiger partial charge in [0.1, 0.15) is 11.6 Å². The van der Waals surface area contributed by atoms with Crippen LogP contribution < -0.4 is 20.3 Å². The number of hydrogen-bond acceptors (Lipinski definition) is 4. The fraction of sp³-hybridized carbons (Fsp3) is 0.500. The van der Waals surface area contributed by atoms with Gasteiger partial charge in [0, 0.05) is 32.4 Å². The third-order valence-electron chi connectivity index (χ3n) is 5.37. The molecule has 2 N–H and O–H groups in total. The molecule has 0 radical (unpaired) electrons. The second-order valence-electron chi connectivity index (χ2n) is 7.65.